The number of urea groups is 1. The number of carboxylic acid groups (broad SMARTS) is 1. The molecule has 0 bridgehead atoms. The van der Waals surface area contributed by atoms with E-state index in [1.54, 1.807) is 30.3 Å². The van der Waals surface area contributed by atoms with Crippen LogP contribution in [0.1, 0.15) is 5.82 Å². The molecule has 2 aromatic rings. The minimum atomic E-state index is -1.08. The average Bonchev–Trinajstić information content (AvgIpc) is 2.98. The Hall–Kier alpha value is -2.90. The summed E-state index contributed by atoms with van der Waals surface area (Å²) in [5.41, 5.74) is 0.525. The minimum absolute atomic E-state index is 0.330. The number of para-hydroxylation sites is 1. The number of carbonyl (C=O) groups is 2. The van der Waals surface area contributed by atoms with Crippen LogP contribution in [0, 0.1) is 0 Å². The molecule has 1 heterocycles. The van der Waals surface area contributed by atoms with E-state index < -0.39 is 18.5 Å². The Balaban J connectivity index is 1.96. The van der Waals surface area contributed by atoms with Gasteiger partial charge in [0.1, 0.15) is 18.7 Å². The Morgan fingerprint density at radius 3 is 2.67 bits per heavy atom. The monoisotopic (exact) mass is 289 g/mol. The highest BCUT2D eigenvalue weighted by Gasteiger charge is 2.18. The molecule has 0 aliphatic carbocycles. The molecule has 110 valence electrons. The van der Waals surface area contributed by atoms with Crippen LogP contribution in [0.2, 0.25) is 0 Å². The van der Waals surface area contributed by atoms with E-state index in [1.807, 2.05) is 0 Å². The Bertz CT molecular complexity index is 585. The second-order valence-electron chi connectivity index (χ2n) is 4.23. The number of nitrogens with zero attached hydrogens (tertiary/aromatic N) is 3. The highest BCUT2D eigenvalue weighted by Crippen LogP contribution is 2.12. The van der Waals surface area contributed by atoms with Crippen molar-refractivity contribution in [3.63, 3.8) is 0 Å². The first-order valence-electron chi connectivity index (χ1n) is 6.33. The Kier molecular flexibility index (Phi) is 4.86. The summed E-state index contributed by atoms with van der Waals surface area (Å²) >= 11 is 0. The third kappa shape index (κ3) is 4.30. The topological polar surface area (TPSA) is 111 Å². The second kappa shape index (κ2) is 7.04. The van der Waals surface area contributed by atoms with Crippen molar-refractivity contribution in [3.8, 4) is 0 Å². The van der Waals surface area contributed by atoms with Gasteiger partial charge < -0.3 is 10.4 Å². The first kappa shape index (κ1) is 14.5. The largest absolute Gasteiger partial charge is 0.480 e. The summed E-state index contributed by atoms with van der Waals surface area (Å²) in [7, 11) is 0. The maximum Gasteiger partial charge on any atom is 0.323 e. The summed E-state index contributed by atoms with van der Waals surface area (Å²) in [5.74, 6) is -0.427. The van der Waals surface area contributed by atoms with Crippen molar-refractivity contribution < 1.29 is 14.7 Å². The normalized spacial score (nSPS) is 10.1. The highest BCUT2D eigenvalue weighted by molar-refractivity contribution is 5.96. The van der Waals surface area contributed by atoms with Gasteiger partial charge in [0.15, 0.2) is 0 Å². The maximum atomic E-state index is 12.1. The third-order valence-corrected chi connectivity index (χ3v) is 2.71. The van der Waals surface area contributed by atoms with Gasteiger partial charge in [-0.25, -0.2) is 9.78 Å². The Morgan fingerprint density at radius 1 is 1.29 bits per heavy atom. The fourth-order valence-electron chi connectivity index (χ4n) is 1.76. The van der Waals surface area contributed by atoms with Gasteiger partial charge in [-0.15, -0.1) is 0 Å². The van der Waals surface area contributed by atoms with E-state index >= 15 is 0 Å². The van der Waals surface area contributed by atoms with Gasteiger partial charge in [-0.05, 0) is 12.1 Å². The molecule has 0 atom stereocenters. The molecule has 0 radical (unpaired) electrons. The Morgan fingerprint density at radius 2 is 2.05 bits per heavy atom. The van der Waals surface area contributed by atoms with Gasteiger partial charge in [0.05, 0.1) is 0 Å². The predicted molar refractivity (Wildman–Crippen MR) is 74.9 cm³/mol. The van der Waals surface area contributed by atoms with Crippen molar-refractivity contribution in [2.24, 2.45) is 0 Å². The molecule has 1 aromatic carbocycles. The number of anilines is 1. The van der Waals surface area contributed by atoms with Crippen LogP contribution in [0.15, 0.2) is 36.7 Å². The summed E-state index contributed by atoms with van der Waals surface area (Å²) in [6, 6.07) is 8.17. The molecule has 0 fully saturated rings. The zero-order chi connectivity index (χ0) is 15.1. The highest BCUT2D eigenvalue weighted by atomic mass is 16.4. The third-order valence-electron chi connectivity index (χ3n) is 2.71. The van der Waals surface area contributed by atoms with E-state index in [2.05, 4.69) is 20.5 Å². The number of hydrogen-bond donors (Lipinski definition) is 3. The lowest BCUT2D eigenvalue weighted by molar-refractivity contribution is -0.135. The quantitative estimate of drug-likeness (QED) is 0.723. The van der Waals surface area contributed by atoms with E-state index in [1.165, 1.54) is 11.2 Å². The number of aromatic nitrogens is 3. The van der Waals surface area contributed by atoms with Gasteiger partial charge >= 0.3 is 12.0 Å². The summed E-state index contributed by atoms with van der Waals surface area (Å²) in [4.78, 5) is 28.1. The molecule has 1 aromatic heterocycles. The molecule has 0 saturated heterocycles. The van der Waals surface area contributed by atoms with Crippen LogP contribution in [0.25, 0.3) is 0 Å². The minimum Gasteiger partial charge on any atom is -0.480 e. The molecule has 21 heavy (non-hydrogen) atoms. The molecule has 0 aliphatic heterocycles. The van der Waals surface area contributed by atoms with Crippen LogP contribution in [-0.4, -0.2) is 45.4 Å². The van der Waals surface area contributed by atoms with Crippen LogP contribution in [0.4, 0.5) is 10.5 Å². The number of rotatable bonds is 6. The standard InChI is InChI=1S/C13H15N5O3/c19-12(20)8-18(10-4-2-1-3-5-10)13(21)14-7-6-11-15-9-16-17-11/h1-5,9H,6-8H2,(H,14,21)(H,19,20)(H,15,16,17). The van der Waals surface area contributed by atoms with Crippen molar-refractivity contribution in [2.75, 3.05) is 18.0 Å². The number of carboxylic acids is 1. The summed E-state index contributed by atoms with van der Waals surface area (Å²) in [5, 5.41) is 18.0. The molecule has 0 saturated carbocycles. The number of nitrogens with one attached hydrogen (secondary N) is 2. The fourth-order valence-corrected chi connectivity index (χ4v) is 1.76. The van der Waals surface area contributed by atoms with E-state index in [4.69, 9.17) is 5.11 Å². The molecule has 0 unspecified atom stereocenters. The van der Waals surface area contributed by atoms with Crippen LogP contribution in [0.5, 0.6) is 0 Å². The SMILES string of the molecule is O=C(O)CN(C(=O)NCCc1ncn[nH]1)c1ccccc1. The van der Waals surface area contributed by atoms with E-state index in [0.717, 1.165) is 0 Å². The summed E-state index contributed by atoms with van der Waals surface area (Å²) < 4.78 is 0. The number of aliphatic carboxylic acids is 1. The van der Waals surface area contributed by atoms with Gasteiger partial charge in [-0.3, -0.25) is 14.8 Å². The van der Waals surface area contributed by atoms with Crippen molar-refractivity contribution in [2.45, 2.75) is 6.42 Å². The zero-order valence-corrected chi connectivity index (χ0v) is 11.2. The predicted octanol–water partition coefficient (Wildman–Crippen LogP) is 0.648. The first-order valence-corrected chi connectivity index (χ1v) is 6.33. The number of aromatic amines is 1. The molecule has 8 nitrogen and oxygen atoms in total. The number of carbonyl (C=O) groups excluding carboxylic acids is 1. The van der Waals surface area contributed by atoms with Crippen LogP contribution in [0.3, 0.4) is 0 Å². The zero-order valence-electron chi connectivity index (χ0n) is 11.2. The fraction of sp³-hybridized carbons (Fsp3) is 0.231. The number of benzene rings is 1. The summed E-state index contributed by atoms with van der Waals surface area (Å²) in [6.07, 6.45) is 1.87. The van der Waals surface area contributed by atoms with E-state index in [-0.39, 0.29) is 0 Å². The molecule has 2 rings (SSSR count). The van der Waals surface area contributed by atoms with Crippen molar-refractivity contribution >= 4 is 17.7 Å². The van der Waals surface area contributed by atoms with Crippen molar-refractivity contribution in [3.05, 3.63) is 42.5 Å². The lowest BCUT2D eigenvalue weighted by Crippen LogP contribution is -2.43. The van der Waals surface area contributed by atoms with Crippen LogP contribution < -0.4 is 10.2 Å². The van der Waals surface area contributed by atoms with Crippen LogP contribution in [-0.2, 0) is 11.2 Å². The van der Waals surface area contributed by atoms with Gasteiger partial charge in [-0.2, -0.15) is 5.10 Å². The smallest absolute Gasteiger partial charge is 0.323 e. The lowest BCUT2D eigenvalue weighted by atomic mass is 10.3. The van der Waals surface area contributed by atoms with Gasteiger partial charge in [0.2, 0.25) is 0 Å². The van der Waals surface area contributed by atoms with Crippen LogP contribution >= 0.6 is 0 Å². The molecular weight excluding hydrogens is 274 g/mol. The van der Waals surface area contributed by atoms with Gasteiger partial charge in [-0.1, -0.05) is 18.2 Å². The van der Waals surface area contributed by atoms with E-state index in [0.29, 0.717) is 24.5 Å². The van der Waals surface area contributed by atoms with Gasteiger partial charge in [0.25, 0.3) is 0 Å². The molecule has 2 amide bonds. The molecular formula is C13H15N5O3. The number of hydrogen-bond acceptors (Lipinski definition) is 4. The average molecular weight is 289 g/mol. The second-order valence-corrected chi connectivity index (χ2v) is 4.23. The van der Waals surface area contributed by atoms with Gasteiger partial charge in [0, 0.05) is 18.7 Å². The number of amides is 2. The first-order chi connectivity index (χ1) is 10.2. The Labute approximate surface area is 120 Å². The maximum absolute atomic E-state index is 12.1. The summed E-state index contributed by atoms with van der Waals surface area (Å²) in [6.45, 7) is -0.0743. The van der Waals surface area contributed by atoms with Crippen molar-refractivity contribution in [1.29, 1.82) is 0 Å². The van der Waals surface area contributed by atoms with E-state index in [9.17, 15) is 9.59 Å². The molecule has 0 aliphatic rings. The molecule has 8 heteroatoms. The number of H-pyrrole nitrogens is 1. The molecule has 3 N–H and O–H groups in total. The lowest BCUT2D eigenvalue weighted by Gasteiger charge is -2.21. The van der Waals surface area contributed by atoms with Crippen molar-refractivity contribution in [1.82, 2.24) is 20.5 Å². The molecule has 0 spiro atoms.